The van der Waals surface area contributed by atoms with Gasteiger partial charge in [0.2, 0.25) is 0 Å². The molecule has 1 fully saturated rings. The van der Waals surface area contributed by atoms with Crippen LogP contribution >= 0.6 is 0 Å². The van der Waals surface area contributed by atoms with Crippen LogP contribution in [0.1, 0.15) is 24.5 Å². The first-order valence-corrected chi connectivity index (χ1v) is 6.79. The molecule has 1 aromatic carbocycles. The van der Waals surface area contributed by atoms with Crippen molar-refractivity contribution in [1.82, 2.24) is 10.2 Å². The number of hydrogen-bond donors (Lipinski definition) is 1. The van der Waals surface area contributed by atoms with E-state index in [1.165, 1.54) is 24.1 Å². The second-order valence-electron chi connectivity index (χ2n) is 6.12. The Morgan fingerprint density at radius 2 is 2.17 bits per heavy atom. The number of benzene rings is 1. The van der Waals surface area contributed by atoms with Gasteiger partial charge in [-0.3, -0.25) is 0 Å². The van der Waals surface area contributed by atoms with Gasteiger partial charge in [0.15, 0.2) is 0 Å². The van der Waals surface area contributed by atoms with Crippen LogP contribution in [0.5, 0.6) is 5.75 Å². The summed E-state index contributed by atoms with van der Waals surface area (Å²) < 4.78 is 6.01. The molecule has 0 radical (unpaired) electrons. The van der Waals surface area contributed by atoms with Crippen LogP contribution in [-0.4, -0.2) is 31.6 Å². The molecule has 3 rings (SSSR count). The lowest BCUT2D eigenvalue weighted by Gasteiger charge is -2.24. The first-order valence-electron chi connectivity index (χ1n) is 6.79. The van der Waals surface area contributed by atoms with Gasteiger partial charge in [-0.1, -0.05) is 13.0 Å². The van der Waals surface area contributed by atoms with E-state index in [0.717, 1.165) is 32.0 Å². The van der Waals surface area contributed by atoms with Gasteiger partial charge in [0.25, 0.3) is 0 Å². The summed E-state index contributed by atoms with van der Waals surface area (Å²) >= 11 is 0. The Morgan fingerprint density at radius 3 is 2.94 bits per heavy atom. The second-order valence-corrected chi connectivity index (χ2v) is 6.12. The molecular formula is C15H22N2O. The predicted octanol–water partition coefficient (Wildman–Crippen LogP) is 2.01. The van der Waals surface area contributed by atoms with E-state index in [0.29, 0.717) is 5.41 Å². The first-order chi connectivity index (χ1) is 8.65. The molecule has 1 atom stereocenters. The number of hydrogen-bond acceptors (Lipinski definition) is 3. The fourth-order valence-electron chi connectivity index (χ4n) is 3.01. The van der Waals surface area contributed by atoms with Gasteiger partial charge in [-0.05, 0) is 43.3 Å². The molecule has 98 valence electrons. The third-order valence-corrected chi connectivity index (χ3v) is 4.14. The molecule has 2 heterocycles. The van der Waals surface area contributed by atoms with Crippen molar-refractivity contribution < 1.29 is 4.74 Å². The summed E-state index contributed by atoms with van der Waals surface area (Å²) in [5, 5.41) is 3.36. The summed E-state index contributed by atoms with van der Waals surface area (Å²) in [6.07, 6.45) is 1.23. The molecule has 3 nitrogen and oxygen atoms in total. The monoisotopic (exact) mass is 246 g/mol. The van der Waals surface area contributed by atoms with Gasteiger partial charge in [-0.2, -0.15) is 0 Å². The van der Waals surface area contributed by atoms with Crippen LogP contribution in [0.15, 0.2) is 18.2 Å². The van der Waals surface area contributed by atoms with Gasteiger partial charge in [0.1, 0.15) is 5.75 Å². The summed E-state index contributed by atoms with van der Waals surface area (Å²) in [7, 11) is 2.19. The fourth-order valence-corrected chi connectivity index (χ4v) is 3.01. The van der Waals surface area contributed by atoms with Crippen molar-refractivity contribution in [1.29, 1.82) is 0 Å². The van der Waals surface area contributed by atoms with Crippen molar-refractivity contribution in [2.24, 2.45) is 5.41 Å². The summed E-state index contributed by atoms with van der Waals surface area (Å²) in [6.45, 7) is 7.45. The molecule has 1 saturated heterocycles. The molecule has 3 heteroatoms. The van der Waals surface area contributed by atoms with Crippen LogP contribution in [0.3, 0.4) is 0 Å². The van der Waals surface area contributed by atoms with Gasteiger partial charge in [0, 0.05) is 25.0 Å². The summed E-state index contributed by atoms with van der Waals surface area (Å²) in [5.41, 5.74) is 3.11. The largest absolute Gasteiger partial charge is 0.493 e. The van der Waals surface area contributed by atoms with Crippen molar-refractivity contribution in [3.8, 4) is 5.75 Å². The summed E-state index contributed by atoms with van der Waals surface area (Å²) in [5.74, 6) is 1.02. The minimum absolute atomic E-state index is 0.312. The maximum atomic E-state index is 6.01. The zero-order valence-corrected chi connectivity index (χ0v) is 11.3. The number of rotatable bonds is 3. The van der Waals surface area contributed by atoms with Crippen LogP contribution in [0, 0.1) is 5.41 Å². The first kappa shape index (κ1) is 12.0. The highest BCUT2D eigenvalue weighted by Crippen LogP contribution is 2.30. The zero-order chi connectivity index (χ0) is 12.6. The van der Waals surface area contributed by atoms with Gasteiger partial charge in [0.05, 0.1) is 6.61 Å². The number of nitrogens with zero attached hydrogens (tertiary/aromatic N) is 1. The Morgan fingerprint density at radius 1 is 1.33 bits per heavy atom. The average Bonchev–Trinajstić information content (AvgIpc) is 2.93. The van der Waals surface area contributed by atoms with Crippen LogP contribution in [0.25, 0.3) is 0 Å². The number of nitrogens with one attached hydrogen (secondary N) is 1. The number of likely N-dealkylation sites (tertiary alicyclic amines) is 1. The van der Waals surface area contributed by atoms with E-state index in [2.05, 4.69) is 42.4 Å². The maximum absolute atomic E-state index is 6.01. The maximum Gasteiger partial charge on any atom is 0.119 e. The fraction of sp³-hybridized carbons (Fsp3) is 0.600. The van der Waals surface area contributed by atoms with Gasteiger partial charge in [-0.15, -0.1) is 0 Å². The van der Waals surface area contributed by atoms with Crippen molar-refractivity contribution in [2.45, 2.75) is 26.4 Å². The summed E-state index contributed by atoms with van der Waals surface area (Å²) in [4.78, 5) is 2.38. The van der Waals surface area contributed by atoms with Crippen molar-refractivity contribution >= 4 is 0 Å². The van der Waals surface area contributed by atoms with Crippen LogP contribution in [-0.2, 0) is 13.1 Å². The minimum Gasteiger partial charge on any atom is -0.493 e. The SMILES string of the molecule is CN1CCC(C)(COc2ccc3c(c2)CNC3)C1. The third kappa shape index (κ3) is 2.38. The number of fused-ring (bicyclic) bond motifs is 1. The van der Waals surface area contributed by atoms with E-state index in [1.54, 1.807) is 0 Å². The molecule has 0 aromatic heterocycles. The van der Waals surface area contributed by atoms with E-state index in [4.69, 9.17) is 4.74 Å². The number of ether oxygens (including phenoxy) is 1. The molecule has 18 heavy (non-hydrogen) atoms. The normalized spacial score (nSPS) is 27.4. The van der Waals surface area contributed by atoms with Crippen molar-refractivity contribution in [3.63, 3.8) is 0 Å². The summed E-state index contributed by atoms with van der Waals surface area (Å²) in [6, 6.07) is 6.49. The van der Waals surface area contributed by atoms with Crippen LogP contribution < -0.4 is 10.1 Å². The highest BCUT2D eigenvalue weighted by molar-refractivity contribution is 5.37. The molecular weight excluding hydrogens is 224 g/mol. The highest BCUT2D eigenvalue weighted by atomic mass is 16.5. The van der Waals surface area contributed by atoms with Crippen molar-refractivity contribution in [3.05, 3.63) is 29.3 Å². The molecule has 0 saturated carbocycles. The minimum atomic E-state index is 0.312. The lowest BCUT2D eigenvalue weighted by atomic mass is 9.91. The smallest absolute Gasteiger partial charge is 0.119 e. The van der Waals surface area contributed by atoms with Gasteiger partial charge >= 0.3 is 0 Å². The zero-order valence-electron chi connectivity index (χ0n) is 11.3. The lowest BCUT2D eigenvalue weighted by molar-refractivity contribution is 0.168. The van der Waals surface area contributed by atoms with E-state index in [9.17, 15) is 0 Å². The Labute approximate surface area is 109 Å². The van der Waals surface area contributed by atoms with E-state index >= 15 is 0 Å². The van der Waals surface area contributed by atoms with Gasteiger partial charge in [-0.25, -0.2) is 0 Å². The molecule has 0 amide bonds. The Bertz CT molecular complexity index is 446. The van der Waals surface area contributed by atoms with Gasteiger partial charge < -0.3 is 15.0 Å². The molecule has 0 aliphatic carbocycles. The van der Waals surface area contributed by atoms with E-state index in [-0.39, 0.29) is 0 Å². The van der Waals surface area contributed by atoms with E-state index < -0.39 is 0 Å². The standard InChI is InChI=1S/C15H22N2O/c1-15(5-6-17(2)10-15)11-18-14-4-3-12-8-16-9-13(12)7-14/h3-4,7,16H,5-6,8-11H2,1-2H3. The highest BCUT2D eigenvalue weighted by Gasteiger charge is 2.32. The second kappa shape index (κ2) is 4.56. The molecule has 2 aliphatic rings. The molecule has 2 aliphatic heterocycles. The average molecular weight is 246 g/mol. The Kier molecular flexibility index (Phi) is 3.04. The quantitative estimate of drug-likeness (QED) is 0.883. The van der Waals surface area contributed by atoms with Crippen molar-refractivity contribution in [2.75, 3.05) is 26.7 Å². The predicted molar refractivity (Wildman–Crippen MR) is 72.7 cm³/mol. The lowest BCUT2D eigenvalue weighted by Crippen LogP contribution is -2.28. The van der Waals surface area contributed by atoms with E-state index in [1.807, 2.05) is 0 Å². The molecule has 1 aromatic rings. The third-order valence-electron chi connectivity index (χ3n) is 4.14. The molecule has 1 N–H and O–H groups in total. The van der Waals surface area contributed by atoms with Crippen LogP contribution in [0.2, 0.25) is 0 Å². The Balaban J connectivity index is 1.63. The molecule has 0 bridgehead atoms. The molecule has 1 unspecified atom stereocenters. The molecule has 0 spiro atoms. The van der Waals surface area contributed by atoms with Crippen LogP contribution in [0.4, 0.5) is 0 Å². The topological polar surface area (TPSA) is 24.5 Å². The Hall–Kier alpha value is -1.06.